The Kier molecular flexibility index (Phi) is 1.51. The highest BCUT2D eigenvalue weighted by Crippen LogP contribution is 2.20. The van der Waals surface area contributed by atoms with Crippen LogP contribution in [0, 0.1) is 17.0 Å². The second kappa shape index (κ2) is 2.55. The number of hydrogen-bond donors (Lipinski definition) is 0. The van der Waals surface area contributed by atoms with E-state index in [2.05, 4.69) is 4.98 Å². The van der Waals surface area contributed by atoms with E-state index in [9.17, 15) is 10.1 Å². The van der Waals surface area contributed by atoms with Crippen LogP contribution < -0.4 is 0 Å². The van der Waals surface area contributed by atoms with Crippen LogP contribution in [0.3, 0.4) is 0 Å². The van der Waals surface area contributed by atoms with Gasteiger partial charge in [-0.2, -0.15) is 0 Å². The van der Waals surface area contributed by atoms with Gasteiger partial charge in [0.25, 0.3) is 0 Å². The average molecular weight is 178 g/mol. The van der Waals surface area contributed by atoms with E-state index in [4.69, 9.17) is 4.42 Å². The van der Waals surface area contributed by atoms with Crippen LogP contribution in [0.1, 0.15) is 5.56 Å². The first-order valence-electron chi connectivity index (χ1n) is 3.68. The molecule has 66 valence electrons. The van der Waals surface area contributed by atoms with Gasteiger partial charge in [0, 0.05) is 9.91 Å². The van der Waals surface area contributed by atoms with Crippen LogP contribution in [-0.4, -0.2) is 9.91 Å². The molecule has 2 rings (SSSR count). The smallest absolute Gasteiger partial charge is 0.381 e. The van der Waals surface area contributed by atoms with Gasteiger partial charge in [-0.1, -0.05) is 6.07 Å². The van der Waals surface area contributed by atoms with Crippen LogP contribution in [0.25, 0.3) is 11.1 Å². The van der Waals surface area contributed by atoms with Gasteiger partial charge in [0.15, 0.2) is 5.58 Å². The van der Waals surface area contributed by atoms with Gasteiger partial charge in [0.2, 0.25) is 5.52 Å². The number of nitrogens with zero attached hydrogens (tertiary/aromatic N) is 2. The molecule has 0 radical (unpaired) electrons. The van der Waals surface area contributed by atoms with Crippen molar-refractivity contribution in [1.82, 2.24) is 4.98 Å². The van der Waals surface area contributed by atoms with Crippen molar-refractivity contribution in [1.29, 1.82) is 0 Å². The number of fused-ring (bicyclic) bond motifs is 1. The van der Waals surface area contributed by atoms with E-state index in [0.717, 1.165) is 5.56 Å². The third-order valence-corrected chi connectivity index (χ3v) is 1.69. The first-order valence-corrected chi connectivity index (χ1v) is 3.68. The van der Waals surface area contributed by atoms with Crippen molar-refractivity contribution in [2.45, 2.75) is 6.92 Å². The molecule has 0 aliphatic heterocycles. The van der Waals surface area contributed by atoms with Gasteiger partial charge in [0.1, 0.15) is 0 Å². The zero-order chi connectivity index (χ0) is 9.42. The molecular weight excluding hydrogens is 172 g/mol. The van der Waals surface area contributed by atoms with E-state index >= 15 is 0 Å². The summed E-state index contributed by atoms with van der Waals surface area (Å²) in [4.78, 5) is 13.3. The van der Waals surface area contributed by atoms with Crippen LogP contribution >= 0.6 is 0 Å². The fourth-order valence-electron chi connectivity index (χ4n) is 1.10. The van der Waals surface area contributed by atoms with Gasteiger partial charge in [0.05, 0.1) is 0 Å². The number of oxazole rings is 1. The molecule has 5 nitrogen and oxygen atoms in total. The summed E-state index contributed by atoms with van der Waals surface area (Å²) in [6.07, 6.45) is 0. The number of aromatic nitrogens is 1. The molecule has 1 aromatic carbocycles. The van der Waals surface area contributed by atoms with Crippen molar-refractivity contribution in [2.75, 3.05) is 0 Å². The molecule has 0 unspecified atom stereocenters. The van der Waals surface area contributed by atoms with Crippen molar-refractivity contribution >= 4 is 17.1 Å². The van der Waals surface area contributed by atoms with E-state index in [-0.39, 0.29) is 0 Å². The summed E-state index contributed by atoms with van der Waals surface area (Å²) in [5.74, 6) is 0. The fourth-order valence-corrected chi connectivity index (χ4v) is 1.10. The maximum absolute atomic E-state index is 10.3. The Labute approximate surface area is 73.1 Å². The summed E-state index contributed by atoms with van der Waals surface area (Å²) in [7, 11) is 0. The highest BCUT2D eigenvalue weighted by molar-refractivity contribution is 5.74. The van der Waals surface area contributed by atoms with Gasteiger partial charge in [-0.05, 0) is 24.6 Å². The Morgan fingerprint density at radius 1 is 1.54 bits per heavy atom. The second-order valence-electron chi connectivity index (χ2n) is 2.72. The van der Waals surface area contributed by atoms with Crippen molar-refractivity contribution < 1.29 is 9.34 Å². The van der Waals surface area contributed by atoms with Crippen molar-refractivity contribution in [3.05, 3.63) is 33.9 Å². The van der Waals surface area contributed by atoms with Gasteiger partial charge < -0.3 is 14.5 Å². The Morgan fingerprint density at radius 3 is 3.00 bits per heavy atom. The molecule has 2 aromatic rings. The molecule has 0 aliphatic carbocycles. The lowest BCUT2D eigenvalue weighted by Gasteiger charge is -1.85. The first-order chi connectivity index (χ1) is 6.16. The minimum atomic E-state index is -0.644. The van der Waals surface area contributed by atoms with Crippen molar-refractivity contribution in [3.63, 3.8) is 0 Å². The maximum atomic E-state index is 10.3. The summed E-state index contributed by atoms with van der Waals surface area (Å²) >= 11 is 0. The first kappa shape index (κ1) is 7.72. The Bertz CT molecular complexity index is 475. The standard InChI is InChI=1S/C8H6N2O3/c1-5-2-3-6-7(4-5)13-8(9-6)10(11)12/h2-4H,1H3. The minimum absolute atomic E-state index is 0.451. The molecule has 0 atom stereocenters. The normalized spacial score (nSPS) is 10.5. The molecule has 13 heavy (non-hydrogen) atoms. The number of benzene rings is 1. The lowest BCUT2D eigenvalue weighted by atomic mass is 10.2. The van der Waals surface area contributed by atoms with Crippen molar-refractivity contribution in [2.24, 2.45) is 0 Å². The number of aryl methyl sites for hydroxylation is 1. The number of nitro groups is 1. The summed E-state index contributed by atoms with van der Waals surface area (Å²) in [5, 5.41) is 10.3. The molecule has 0 amide bonds. The molecule has 0 bridgehead atoms. The number of rotatable bonds is 1. The minimum Gasteiger partial charge on any atom is -0.381 e. The van der Waals surface area contributed by atoms with Gasteiger partial charge in [-0.25, -0.2) is 0 Å². The molecule has 1 aromatic heterocycles. The van der Waals surface area contributed by atoms with Gasteiger partial charge >= 0.3 is 6.01 Å². The zero-order valence-corrected chi connectivity index (χ0v) is 6.85. The highest BCUT2D eigenvalue weighted by Gasteiger charge is 2.16. The molecule has 1 heterocycles. The third-order valence-electron chi connectivity index (χ3n) is 1.69. The fraction of sp³-hybridized carbons (Fsp3) is 0.125. The summed E-state index contributed by atoms with van der Waals surface area (Å²) in [6, 6.07) is 4.78. The second-order valence-corrected chi connectivity index (χ2v) is 2.72. The predicted octanol–water partition coefficient (Wildman–Crippen LogP) is 2.04. The van der Waals surface area contributed by atoms with Crippen molar-refractivity contribution in [3.8, 4) is 0 Å². The topological polar surface area (TPSA) is 69.2 Å². The highest BCUT2D eigenvalue weighted by atomic mass is 16.7. The monoisotopic (exact) mass is 178 g/mol. The molecule has 5 heteroatoms. The Morgan fingerprint density at radius 2 is 2.31 bits per heavy atom. The van der Waals surface area contributed by atoms with Crippen LogP contribution in [0.15, 0.2) is 22.6 Å². The van der Waals surface area contributed by atoms with Gasteiger partial charge in [-0.15, -0.1) is 0 Å². The molecule has 0 spiro atoms. The van der Waals surface area contributed by atoms with Crippen LogP contribution in [0.2, 0.25) is 0 Å². The van der Waals surface area contributed by atoms with E-state index in [0.29, 0.717) is 11.1 Å². The van der Waals surface area contributed by atoms with Crippen LogP contribution in [-0.2, 0) is 0 Å². The maximum Gasteiger partial charge on any atom is 0.546 e. The molecule has 0 saturated heterocycles. The third kappa shape index (κ3) is 1.24. The van der Waals surface area contributed by atoms with Crippen LogP contribution in [0.4, 0.5) is 6.01 Å². The van der Waals surface area contributed by atoms with Crippen LogP contribution in [0.5, 0.6) is 0 Å². The lowest BCUT2D eigenvalue weighted by molar-refractivity contribution is -0.406. The summed E-state index contributed by atoms with van der Waals surface area (Å²) in [6.45, 7) is 1.88. The molecule has 0 N–H and O–H groups in total. The number of hydrogen-bond acceptors (Lipinski definition) is 4. The SMILES string of the molecule is Cc1ccc2nc([N+](=O)[O-])oc2c1. The molecule has 0 aliphatic rings. The average Bonchev–Trinajstić information content (AvgIpc) is 2.46. The molecular formula is C8H6N2O3. The molecule has 0 saturated carbocycles. The lowest BCUT2D eigenvalue weighted by Crippen LogP contribution is -1.85. The quantitative estimate of drug-likeness (QED) is 0.495. The van der Waals surface area contributed by atoms with E-state index in [1.807, 2.05) is 13.0 Å². The Balaban J connectivity index is 2.68. The molecule has 0 fully saturated rings. The summed E-state index contributed by atoms with van der Waals surface area (Å²) < 4.78 is 4.90. The van der Waals surface area contributed by atoms with E-state index in [1.165, 1.54) is 0 Å². The van der Waals surface area contributed by atoms with E-state index < -0.39 is 10.9 Å². The predicted molar refractivity (Wildman–Crippen MR) is 45.4 cm³/mol. The van der Waals surface area contributed by atoms with E-state index in [1.54, 1.807) is 12.1 Å². The largest absolute Gasteiger partial charge is 0.546 e. The zero-order valence-electron chi connectivity index (χ0n) is 6.85. The summed E-state index contributed by atoms with van der Waals surface area (Å²) in [5.41, 5.74) is 1.95. The Hall–Kier alpha value is -1.91. The van der Waals surface area contributed by atoms with Gasteiger partial charge in [-0.3, -0.25) is 0 Å².